The summed E-state index contributed by atoms with van der Waals surface area (Å²) in [7, 11) is 0. The van der Waals surface area contributed by atoms with Crippen molar-refractivity contribution < 1.29 is 9.59 Å². The van der Waals surface area contributed by atoms with Gasteiger partial charge in [-0.2, -0.15) is 0 Å². The van der Waals surface area contributed by atoms with Crippen LogP contribution in [0.2, 0.25) is 10.0 Å². The summed E-state index contributed by atoms with van der Waals surface area (Å²) >= 11 is 14.5. The summed E-state index contributed by atoms with van der Waals surface area (Å²) < 4.78 is 1.22. The molecule has 3 aromatic rings. The van der Waals surface area contributed by atoms with Crippen molar-refractivity contribution in [3.63, 3.8) is 0 Å². The molecule has 0 spiro atoms. The summed E-state index contributed by atoms with van der Waals surface area (Å²) in [6.45, 7) is 0. The zero-order chi connectivity index (χ0) is 19.4. The van der Waals surface area contributed by atoms with Gasteiger partial charge in [0.25, 0.3) is 5.91 Å². The molecule has 2 heterocycles. The van der Waals surface area contributed by atoms with Crippen molar-refractivity contribution >= 4 is 58.1 Å². The summed E-state index contributed by atoms with van der Waals surface area (Å²) in [5.41, 5.74) is 5.19. The van der Waals surface area contributed by atoms with Gasteiger partial charge in [-0.05, 0) is 29.6 Å². The molecule has 12 heteroatoms. The molecule has 27 heavy (non-hydrogen) atoms. The SMILES string of the molecule is Nn1c(SCC(=O)NNC(=O)c2cccs2)nnc1-c1cc(Cl)ccc1Cl. The van der Waals surface area contributed by atoms with Gasteiger partial charge in [0, 0.05) is 10.6 Å². The largest absolute Gasteiger partial charge is 0.335 e. The first-order valence-corrected chi connectivity index (χ1v) is 9.99. The van der Waals surface area contributed by atoms with Gasteiger partial charge in [-0.1, -0.05) is 41.0 Å². The molecule has 0 saturated carbocycles. The summed E-state index contributed by atoms with van der Waals surface area (Å²) in [4.78, 5) is 24.2. The number of nitrogens with zero attached hydrogens (tertiary/aromatic N) is 3. The van der Waals surface area contributed by atoms with Gasteiger partial charge < -0.3 is 5.84 Å². The van der Waals surface area contributed by atoms with E-state index in [0.717, 1.165) is 11.8 Å². The zero-order valence-corrected chi connectivity index (χ0v) is 16.6. The first-order chi connectivity index (χ1) is 13.0. The highest BCUT2D eigenvalue weighted by Crippen LogP contribution is 2.30. The Labute approximate surface area is 172 Å². The zero-order valence-electron chi connectivity index (χ0n) is 13.5. The van der Waals surface area contributed by atoms with Crippen LogP contribution in [0.5, 0.6) is 0 Å². The Morgan fingerprint density at radius 2 is 2.04 bits per heavy atom. The number of hydrogen-bond acceptors (Lipinski definition) is 7. The standard InChI is InChI=1S/C15H12Cl2N6O2S2/c16-8-3-4-10(17)9(6-8)13-20-22-15(23(13)18)27-7-12(24)19-21-14(25)11-2-1-5-26-11/h1-6H,7,18H2,(H,19,24)(H,21,25). The van der Waals surface area contributed by atoms with Gasteiger partial charge in [0.2, 0.25) is 11.1 Å². The highest BCUT2D eigenvalue weighted by Gasteiger charge is 2.16. The van der Waals surface area contributed by atoms with Gasteiger partial charge >= 0.3 is 0 Å². The van der Waals surface area contributed by atoms with Gasteiger partial charge in [-0.3, -0.25) is 20.4 Å². The number of nitrogen functional groups attached to an aromatic ring is 1. The maximum absolute atomic E-state index is 11.9. The quantitative estimate of drug-likeness (QED) is 0.317. The van der Waals surface area contributed by atoms with Crippen molar-refractivity contribution in [2.75, 3.05) is 11.6 Å². The Hall–Kier alpha value is -2.27. The van der Waals surface area contributed by atoms with Crippen LogP contribution in [0, 0.1) is 0 Å². The van der Waals surface area contributed by atoms with E-state index in [1.165, 1.54) is 16.0 Å². The number of hydrogen-bond donors (Lipinski definition) is 3. The first-order valence-electron chi connectivity index (χ1n) is 7.37. The van der Waals surface area contributed by atoms with Crippen molar-refractivity contribution in [1.29, 1.82) is 0 Å². The Bertz CT molecular complexity index is 977. The molecule has 2 aromatic heterocycles. The summed E-state index contributed by atoms with van der Waals surface area (Å²) in [6, 6.07) is 8.30. The third-order valence-electron chi connectivity index (χ3n) is 3.23. The van der Waals surface area contributed by atoms with Crippen LogP contribution in [0.4, 0.5) is 0 Å². The Morgan fingerprint density at radius 3 is 2.78 bits per heavy atom. The van der Waals surface area contributed by atoms with E-state index in [1.807, 2.05) is 0 Å². The smallest absolute Gasteiger partial charge is 0.279 e. The number of hydrazine groups is 1. The van der Waals surface area contributed by atoms with Gasteiger partial charge in [0.05, 0.1) is 15.7 Å². The minimum Gasteiger partial charge on any atom is -0.335 e. The second-order valence-electron chi connectivity index (χ2n) is 5.07. The number of benzene rings is 1. The number of aromatic nitrogens is 3. The van der Waals surface area contributed by atoms with Gasteiger partial charge in [0.15, 0.2) is 5.82 Å². The number of rotatable bonds is 5. The third kappa shape index (κ3) is 4.72. The Kier molecular flexibility index (Phi) is 6.22. The molecule has 0 radical (unpaired) electrons. The molecule has 3 rings (SSSR count). The number of amides is 2. The predicted molar refractivity (Wildman–Crippen MR) is 106 cm³/mol. The molecule has 0 aliphatic heterocycles. The van der Waals surface area contributed by atoms with Gasteiger partial charge in [-0.25, -0.2) is 4.68 Å². The normalized spacial score (nSPS) is 10.6. The van der Waals surface area contributed by atoms with E-state index in [9.17, 15) is 9.59 Å². The molecule has 0 saturated heterocycles. The highest BCUT2D eigenvalue weighted by molar-refractivity contribution is 7.99. The fourth-order valence-electron chi connectivity index (χ4n) is 1.99. The van der Waals surface area contributed by atoms with E-state index in [-0.39, 0.29) is 11.7 Å². The van der Waals surface area contributed by atoms with Crippen LogP contribution in [0.3, 0.4) is 0 Å². The summed E-state index contributed by atoms with van der Waals surface area (Å²) in [5, 5.41) is 10.9. The van der Waals surface area contributed by atoms with Crippen LogP contribution >= 0.6 is 46.3 Å². The highest BCUT2D eigenvalue weighted by atomic mass is 35.5. The first kappa shape index (κ1) is 19.5. The minimum atomic E-state index is -0.421. The molecule has 2 amide bonds. The second-order valence-corrected chi connectivity index (χ2v) is 7.80. The number of thiophene rings is 1. The van der Waals surface area contributed by atoms with E-state index in [1.54, 1.807) is 35.7 Å². The molecule has 140 valence electrons. The van der Waals surface area contributed by atoms with Crippen molar-refractivity contribution in [3.05, 3.63) is 50.6 Å². The maximum atomic E-state index is 11.9. The van der Waals surface area contributed by atoms with E-state index in [4.69, 9.17) is 29.0 Å². The number of nitrogens with two attached hydrogens (primary N) is 1. The Balaban J connectivity index is 1.59. The topological polar surface area (TPSA) is 115 Å². The van der Waals surface area contributed by atoms with Crippen LogP contribution in [-0.4, -0.2) is 32.4 Å². The lowest BCUT2D eigenvalue weighted by atomic mass is 10.2. The van der Waals surface area contributed by atoms with E-state index in [0.29, 0.717) is 31.5 Å². The lowest BCUT2D eigenvalue weighted by Crippen LogP contribution is -2.42. The molecule has 0 aliphatic carbocycles. The second kappa shape index (κ2) is 8.61. The van der Waals surface area contributed by atoms with Crippen molar-refractivity contribution in [2.45, 2.75) is 5.16 Å². The van der Waals surface area contributed by atoms with E-state index < -0.39 is 5.91 Å². The average molecular weight is 443 g/mol. The molecule has 0 bridgehead atoms. The van der Waals surface area contributed by atoms with Crippen LogP contribution in [-0.2, 0) is 4.79 Å². The molecule has 0 fully saturated rings. The number of carbonyl (C=O) groups excluding carboxylic acids is 2. The molecule has 4 N–H and O–H groups in total. The molecule has 1 aromatic carbocycles. The fourth-order valence-corrected chi connectivity index (χ4v) is 3.64. The van der Waals surface area contributed by atoms with Gasteiger partial charge in [-0.15, -0.1) is 21.5 Å². The van der Waals surface area contributed by atoms with E-state index in [2.05, 4.69) is 21.0 Å². The molecule has 0 atom stereocenters. The molecule has 0 unspecified atom stereocenters. The predicted octanol–water partition coefficient (Wildman–Crippen LogP) is 2.58. The molecular formula is C15H12Cl2N6O2S2. The van der Waals surface area contributed by atoms with Crippen molar-refractivity contribution in [2.24, 2.45) is 0 Å². The van der Waals surface area contributed by atoms with Crippen LogP contribution in [0.25, 0.3) is 11.4 Å². The Morgan fingerprint density at radius 1 is 1.22 bits per heavy atom. The lowest BCUT2D eigenvalue weighted by molar-refractivity contribution is -0.119. The number of nitrogens with one attached hydrogen (secondary N) is 2. The number of halogens is 2. The summed E-state index contributed by atoms with van der Waals surface area (Å²) in [6.07, 6.45) is 0. The third-order valence-corrected chi connectivity index (χ3v) is 5.60. The molecule has 8 nitrogen and oxygen atoms in total. The fraction of sp³-hybridized carbons (Fsp3) is 0.0667. The number of thioether (sulfide) groups is 1. The van der Waals surface area contributed by atoms with Crippen LogP contribution < -0.4 is 16.7 Å². The monoisotopic (exact) mass is 442 g/mol. The average Bonchev–Trinajstić information content (AvgIpc) is 3.30. The van der Waals surface area contributed by atoms with Crippen LogP contribution in [0.15, 0.2) is 40.9 Å². The van der Waals surface area contributed by atoms with Gasteiger partial charge in [0.1, 0.15) is 0 Å². The molecular weight excluding hydrogens is 431 g/mol. The maximum Gasteiger partial charge on any atom is 0.279 e. The summed E-state index contributed by atoms with van der Waals surface area (Å²) in [5.74, 6) is 5.48. The van der Waals surface area contributed by atoms with E-state index >= 15 is 0 Å². The molecule has 0 aliphatic rings. The minimum absolute atomic E-state index is 0.0245. The number of carbonyl (C=O) groups is 2. The van der Waals surface area contributed by atoms with Crippen molar-refractivity contribution in [1.82, 2.24) is 25.7 Å². The lowest BCUT2D eigenvalue weighted by Gasteiger charge is -2.07. The van der Waals surface area contributed by atoms with Crippen molar-refractivity contribution in [3.8, 4) is 11.4 Å². The van der Waals surface area contributed by atoms with Crippen LogP contribution in [0.1, 0.15) is 9.67 Å².